The van der Waals surface area contributed by atoms with Crippen LogP contribution in [0, 0.1) is 6.92 Å². The summed E-state index contributed by atoms with van der Waals surface area (Å²) in [6.07, 6.45) is -1.05. The zero-order valence-corrected chi connectivity index (χ0v) is 15.8. The predicted molar refractivity (Wildman–Crippen MR) is 98.4 cm³/mol. The summed E-state index contributed by atoms with van der Waals surface area (Å²) in [5.41, 5.74) is 1.97. The van der Waals surface area contributed by atoms with Gasteiger partial charge in [-0.2, -0.15) is 4.31 Å². The summed E-state index contributed by atoms with van der Waals surface area (Å²) in [4.78, 5) is 12.1. The number of carbonyl (C=O) groups excluding carboxylic acids is 1. The highest BCUT2D eigenvalue weighted by Crippen LogP contribution is 2.36. The maximum Gasteiger partial charge on any atom is 0.307 e. The smallest absolute Gasteiger partial charge is 0.307 e. The summed E-state index contributed by atoms with van der Waals surface area (Å²) in [5, 5.41) is 0. The molecule has 0 unspecified atom stereocenters. The van der Waals surface area contributed by atoms with Crippen LogP contribution in [0.2, 0.25) is 0 Å². The minimum atomic E-state index is -3.73. The lowest BCUT2D eigenvalue weighted by Gasteiger charge is -2.30. The van der Waals surface area contributed by atoms with Gasteiger partial charge in [0, 0.05) is 0 Å². The lowest BCUT2D eigenvalue weighted by atomic mass is 10.0. The first-order chi connectivity index (χ1) is 12.9. The van der Waals surface area contributed by atoms with Gasteiger partial charge in [-0.1, -0.05) is 48.0 Å². The number of hydrogen-bond donors (Lipinski definition) is 0. The Labute approximate surface area is 158 Å². The van der Waals surface area contributed by atoms with Crippen LogP contribution in [0.1, 0.15) is 17.5 Å². The summed E-state index contributed by atoms with van der Waals surface area (Å²) in [6.45, 7) is 2.36. The van der Waals surface area contributed by atoms with Crippen molar-refractivity contribution in [3.63, 3.8) is 0 Å². The summed E-state index contributed by atoms with van der Waals surface area (Å²) >= 11 is 0. The predicted octanol–water partition coefficient (Wildman–Crippen LogP) is 2.27. The van der Waals surface area contributed by atoms with E-state index in [4.69, 9.17) is 9.47 Å². The van der Waals surface area contributed by atoms with Crippen LogP contribution < -0.4 is 0 Å². The van der Waals surface area contributed by atoms with Gasteiger partial charge in [0.25, 0.3) is 0 Å². The van der Waals surface area contributed by atoms with E-state index in [0.29, 0.717) is 6.61 Å². The molecule has 27 heavy (non-hydrogen) atoms. The van der Waals surface area contributed by atoms with E-state index in [1.54, 1.807) is 24.3 Å². The number of carbonyl (C=O) groups is 1. The fraction of sp³-hybridized carbons (Fsp3) is 0.350. The highest BCUT2D eigenvalue weighted by Gasteiger charge is 2.53. The molecule has 0 aliphatic carbocycles. The van der Waals surface area contributed by atoms with Crippen LogP contribution in [0.4, 0.5) is 0 Å². The van der Waals surface area contributed by atoms with Crippen LogP contribution in [0.15, 0.2) is 59.5 Å². The van der Waals surface area contributed by atoms with E-state index in [9.17, 15) is 13.2 Å². The number of hydrogen-bond acceptors (Lipinski definition) is 5. The molecule has 2 aliphatic rings. The van der Waals surface area contributed by atoms with Gasteiger partial charge in [0.15, 0.2) is 0 Å². The normalized spacial score (nSPS) is 25.4. The standard InChI is InChI=1S/C20H21NO5S/c1-14-7-9-16(10-8-14)27(23,24)21-12-18-20(17(21)11-19(22)26-18)25-13-15-5-3-2-4-6-15/h2-10,17-18,20H,11-13H2,1H3/t17-,18-,20+/m1/s1. The Morgan fingerprint density at radius 3 is 2.52 bits per heavy atom. The third kappa shape index (κ3) is 3.50. The number of benzene rings is 2. The van der Waals surface area contributed by atoms with Gasteiger partial charge in [0.2, 0.25) is 10.0 Å². The molecule has 2 aliphatic heterocycles. The van der Waals surface area contributed by atoms with E-state index in [2.05, 4.69) is 0 Å². The quantitative estimate of drug-likeness (QED) is 0.736. The topological polar surface area (TPSA) is 72.9 Å². The minimum absolute atomic E-state index is 0.00104. The summed E-state index contributed by atoms with van der Waals surface area (Å²) in [5.74, 6) is -0.383. The first-order valence-electron chi connectivity index (χ1n) is 8.89. The molecule has 142 valence electrons. The molecule has 4 rings (SSSR count). The largest absolute Gasteiger partial charge is 0.458 e. The number of rotatable bonds is 5. The van der Waals surface area contributed by atoms with E-state index in [1.807, 2.05) is 37.3 Å². The number of nitrogens with zero attached hydrogens (tertiary/aromatic N) is 1. The average molecular weight is 387 g/mol. The van der Waals surface area contributed by atoms with Gasteiger partial charge in [-0.15, -0.1) is 0 Å². The van der Waals surface area contributed by atoms with Crippen molar-refractivity contribution in [3.8, 4) is 0 Å². The van der Waals surface area contributed by atoms with E-state index in [1.165, 1.54) is 4.31 Å². The molecule has 0 N–H and O–H groups in total. The maximum absolute atomic E-state index is 13.1. The van der Waals surface area contributed by atoms with Crippen LogP contribution >= 0.6 is 0 Å². The van der Waals surface area contributed by atoms with E-state index in [0.717, 1.165) is 11.1 Å². The Morgan fingerprint density at radius 2 is 1.81 bits per heavy atom. The lowest BCUT2D eigenvalue weighted by molar-refractivity contribution is -0.164. The second-order valence-electron chi connectivity index (χ2n) is 6.95. The lowest BCUT2D eigenvalue weighted by Crippen LogP contribution is -2.46. The number of ether oxygens (including phenoxy) is 2. The van der Waals surface area contributed by atoms with Gasteiger partial charge in [-0.3, -0.25) is 4.79 Å². The number of aryl methyl sites for hydroxylation is 1. The van der Waals surface area contributed by atoms with Crippen molar-refractivity contribution in [2.75, 3.05) is 6.54 Å². The molecule has 0 radical (unpaired) electrons. The van der Waals surface area contributed by atoms with Crippen molar-refractivity contribution >= 4 is 16.0 Å². The number of fused-ring (bicyclic) bond motifs is 2. The highest BCUT2D eigenvalue weighted by molar-refractivity contribution is 7.89. The van der Waals surface area contributed by atoms with E-state index < -0.39 is 28.3 Å². The number of esters is 1. The zero-order valence-electron chi connectivity index (χ0n) is 14.9. The summed E-state index contributed by atoms with van der Waals surface area (Å²) in [7, 11) is -3.73. The van der Waals surface area contributed by atoms with Crippen LogP contribution in [0.3, 0.4) is 0 Å². The minimum Gasteiger partial charge on any atom is -0.458 e. The molecule has 2 fully saturated rings. The molecule has 0 aromatic heterocycles. The van der Waals surface area contributed by atoms with Gasteiger partial charge < -0.3 is 9.47 Å². The monoisotopic (exact) mass is 387 g/mol. The third-order valence-electron chi connectivity index (χ3n) is 5.05. The van der Waals surface area contributed by atoms with E-state index in [-0.39, 0.29) is 23.8 Å². The molecule has 2 aromatic rings. The Hall–Kier alpha value is -2.22. The molecule has 3 atom stereocenters. The van der Waals surface area contributed by atoms with E-state index >= 15 is 0 Å². The second kappa shape index (κ2) is 7.07. The van der Waals surface area contributed by atoms with Gasteiger partial charge in [0.05, 0.1) is 30.5 Å². The molecule has 2 saturated heterocycles. The van der Waals surface area contributed by atoms with Crippen molar-refractivity contribution < 1.29 is 22.7 Å². The molecule has 0 amide bonds. The average Bonchev–Trinajstić information content (AvgIpc) is 2.88. The van der Waals surface area contributed by atoms with Crippen molar-refractivity contribution in [1.82, 2.24) is 4.31 Å². The molecular weight excluding hydrogens is 366 g/mol. The van der Waals surface area contributed by atoms with Crippen molar-refractivity contribution in [1.29, 1.82) is 0 Å². The van der Waals surface area contributed by atoms with Crippen LogP contribution in [-0.4, -0.2) is 43.5 Å². The summed E-state index contributed by atoms with van der Waals surface area (Å²) in [6, 6.07) is 15.8. The van der Waals surface area contributed by atoms with Gasteiger partial charge in [-0.25, -0.2) is 8.42 Å². The molecule has 7 heteroatoms. The SMILES string of the molecule is Cc1ccc(S(=O)(=O)N2C[C@H]3OC(=O)C[C@@H]2[C@@H]3OCc2ccccc2)cc1. The molecule has 2 bridgehead atoms. The Morgan fingerprint density at radius 1 is 1.11 bits per heavy atom. The van der Waals surface area contributed by atoms with Gasteiger partial charge in [0.1, 0.15) is 12.2 Å². The van der Waals surface area contributed by atoms with Crippen LogP contribution in [0.25, 0.3) is 0 Å². The Bertz CT molecular complexity index is 927. The zero-order chi connectivity index (χ0) is 19.0. The molecule has 2 heterocycles. The molecule has 2 aromatic carbocycles. The van der Waals surface area contributed by atoms with Crippen molar-refractivity contribution in [3.05, 3.63) is 65.7 Å². The highest BCUT2D eigenvalue weighted by atomic mass is 32.2. The third-order valence-corrected chi connectivity index (χ3v) is 6.95. The van der Waals surface area contributed by atoms with Gasteiger partial charge >= 0.3 is 5.97 Å². The van der Waals surface area contributed by atoms with Crippen LogP contribution in [0.5, 0.6) is 0 Å². The molecule has 6 nitrogen and oxygen atoms in total. The van der Waals surface area contributed by atoms with Gasteiger partial charge in [-0.05, 0) is 24.6 Å². The first-order valence-corrected chi connectivity index (χ1v) is 10.3. The Kier molecular flexibility index (Phi) is 4.75. The number of sulfonamides is 1. The van der Waals surface area contributed by atoms with Crippen molar-refractivity contribution in [2.45, 2.75) is 43.1 Å². The molecule has 0 spiro atoms. The fourth-order valence-corrected chi connectivity index (χ4v) is 5.29. The summed E-state index contributed by atoms with van der Waals surface area (Å²) < 4.78 is 39.0. The second-order valence-corrected chi connectivity index (χ2v) is 8.84. The van der Waals surface area contributed by atoms with Crippen molar-refractivity contribution in [2.24, 2.45) is 0 Å². The molecular formula is C20H21NO5S. The van der Waals surface area contributed by atoms with Crippen LogP contribution in [-0.2, 0) is 30.9 Å². The molecule has 0 saturated carbocycles. The Balaban J connectivity index is 1.57. The first kappa shape index (κ1) is 18.2. The fourth-order valence-electron chi connectivity index (χ4n) is 3.65. The maximum atomic E-state index is 13.1.